The molecule has 110 valence electrons. The summed E-state index contributed by atoms with van der Waals surface area (Å²) in [6.07, 6.45) is 2.95. The average molecular weight is 297 g/mol. The van der Waals surface area contributed by atoms with Crippen LogP contribution < -0.4 is 10.6 Å². The lowest BCUT2D eigenvalue weighted by Crippen LogP contribution is -2.11. The zero-order valence-electron chi connectivity index (χ0n) is 11.4. The van der Waals surface area contributed by atoms with Gasteiger partial charge in [-0.2, -0.15) is 0 Å². The van der Waals surface area contributed by atoms with Crippen molar-refractivity contribution in [1.82, 2.24) is 4.98 Å². The van der Waals surface area contributed by atoms with Crippen molar-refractivity contribution in [1.29, 1.82) is 0 Å². The quantitative estimate of drug-likeness (QED) is 0.768. The Morgan fingerprint density at radius 3 is 2.45 bits per heavy atom. The van der Waals surface area contributed by atoms with Crippen molar-refractivity contribution in [3.8, 4) is 0 Å². The molecule has 0 aliphatic rings. The Kier molecular flexibility index (Phi) is 3.82. The molecule has 0 fully saturated rings. The summed E-state index contributed by atoms with van der Waals surface area (Å²) in [4.78, 5) is 16.0. The largest absolute Gasteiger partial charge is 0.459 e. The number of carbonyl (C=O) groups excluding carboxylic acids is 1. The van der Waals surface area contributed by atoms with Gasteiger partial charge in [-0.15, -0.1) is 0 Å². The van der Waals surface area contributed by atoms with E-state index in [0.717, 1.165) is 5.69 Å². The number of carbonyl (C=O) groups is 1. The van der Waals surface area contributed by atoms with E-state index >= 15 is 0 Å². The third-order valence-electron chi connectivity index (χ3n) is 2.88. The summed E-state index contributed by atoms with van der Waals surface area (Å²) in [6.45, 7) is 0. The lowest BCUT2D eigenvalue weighted by molar-refractivity contribution is 0.0996. The molecule has 0 aliphatic heterocycles. The van der Waals surface area contributed by atoms with E-state index in [-0.39, 0.29) is 17.5 Å². The molecular weight excluding hydrogens is 285 g/mol. The number of hydrogen-bond donors (Lipinski definition) is 2. The Morgan fingerprint density at radius 2 is 1.82 bits per heavy atom. The van der Waals surface area contributed by atoms with E-state index in [1.54, 1.807) is 36.4 Å². The highest BCUT2D eigenvalue weighted by atomic mass is 19.1. The first-order valence-electron chi connectivity index (χ1n) is 6.54. The predicted octanol–water partition coefficient (Wildman–Crippen LogP) is 3.81. The van der Waals surface area contributed by atoms with Gasteiger partial charge in [0, 0.05) is 5.69 Å². The monoisotopic (exact) mass is 297 g/mol. The predicted molar refractivity (Wildman–Crippen MR) is 80.6 cm³/mol. The normalized spacial score (nSPS) is 10.2. The molecule has 3 aromatic rings. The fourth-order valence-corrected chi connectivity index (χ4v) is 1.82. The van der Waals surface area contributed by atoms with Gasteiger partial charge in [-0.3, -0.25) is 4.79 Å². The number of hydrogen-bond acceptors (Lipinski definition) is 4. The second kappa shape index (κ2) is 6.09. The molecule has 6 heteroatoms. The Labute approximate surface area is 125 Å². The Balaban J connectivity index is 1.65. The highest BCUT2D eigenvalue weighted by Gasteiger charge is 2.08. The van der Waals surface area contributed by atoms with Gasteiger partial charge in [-0.05, 0) is 48.5 Å². The molecule has 22 heavy (non-hydrogen) atoms. The van der Waals surface area contributed by atoms with Crippen molar-refractivity contribution >= 4 is 23.1 Å². The van der Waals surface area contributed by atoms with Gasteiger partial charge in [-0.25, -0.2) is 9.37 Å². The minimum Gasteiger partial charge on any atom is -0.459 e. The first-order valence-corrected chi connectivity index (χ1v) is 6.54. The summed E-state index contributed by atoms with van der Waals surface area (Å²) in [5.74, 6) is 0.177. The number of rotatable bonds is 4. The maximum atomic E-state index is 12.8. The zero-order chi connectivity index (χ0) is 15.4. The molecule has 1 aromatic carbocycles. The van der Waals surface area contributed by atoms with Crippen molar-refractivity contribution in [3.63, 3.8) is 0 Å². The summed E-state index contributed by atoms with van der Waals surface area (Å²) in [5.41, 5.74) is 1.27. The molecule has 5 nitrogen and oxygen atoms in total. The van der Waals surface area contributed by atoms with E-state index < -0.39 is 0 Å². The minimum absolute atomic E-state index is 0.230. The van der Waals surface area contributed by atoms with E-state index in [1.807, 2.05) is 0 Å². The zero-order valence-corrected chi connectivity index (χ0v) is 11.4. The van der Waals surface area contributed by atoms with Crippen LogP contribution in [0.15, 0.2) is 65.4 Å². The van der Waals surface area contributed by atoms with Crippen LogP contribution in [0.2, 0.25) is 0 Å². The van der Waals surface area contributed by atoms with Crippen molar-refractivity contribution in [3.05, 3.63) is 72.6 Å². The van der Waals surface area contributed by atoms with Gasteiger partial charge in [0.15, 0.2) is 5.76 Å². The Hall–Kier alpha value is -3.15. The van der Waals surface area contributed by atoms with Crippen molar-refractivity contribution < 1.29 is 13.6 Å². The number of pyridine rings is 1. The smallest absolute Gasteiger partial charge is 0.291 e. The first-order chi connectivity index (χ1) is 10.7. The second-order valence-corrected chi connectivity index (χ2v) is 4.50. The molecule has 2 heterocycles. The molecule has 0 bridgehead atoms. The van der Waals surface area contributed by atoms with Crippen LogP contribution in [0.3, 0.4) is 0 Å². The fraction of sp³-hybridized carbons (Fsp3) is 0. The third kappa shape index (κ3) is 3.29. The van der Waals surface area contributed by atoms with E-state index in [2.05, 4.69) is 15.6 Å². The average Bonchev–Trinajstić information content (AvgIpc) is 3.06. The van der Waals surface area contributed by atoms with Gasteiger partial charge in [-0.1, -0.05) is 0 Å². The molecule has 0 atom stereocenters. The van der Waals surface area contributed by atoms with Gasteiger partial charge < -0.3 is 15.1 Å². The lowest BCUT2D eigenvalue weighted by atomic mass is 10.3. The van der Waals surface area contributed by atoms with Gasteiger partial charge in [0.1, 0.15) is 11.6 Å². The summed E-state index contributed by atoms with van der Waals surface area (Å²) in [6, 6.07) is 12.6. The number of nitrogens with one attached hydrogen (secondary N) is 2. The van der Waals surface area contributed by atoms with Crippen LogP contribution in [-0.2, 0) is 0 Å². The molecule has 0 saturated heterocycles. The molecule has 1 amide bonds. The summed E-state index contributed by atoms with van der Waals surface area (Å²) in [7, 11) is 0. The third-order valence-corrected chi connectivity index (χ3v) is 2.88. The molecule has 0 aliphatic carbocycles. The number of anilines is 3. The molecule has 2 N–H and O–H groups in total. The number of aromatic nitrogens is 1. The van der Waals surface area contributed by atoms with Crippen LogP contribution in [0, 0.1) is 5.82 Å². The van der Waals surface area contributed by atoms with Gasteiger partial charge >= 0.3 is 0 Å². The number of amides is 1. The molecule has 3 rings (SSSR count). The fourth-order valence-electron chi connectivity index (χ4n) is 1.82. The topological polar surface area (TPSA) is 67.2 Å². The molecule has 0 unspecified atom stereocenters. The lowest BCUT2D eigenvalue weighted by Gasteiger charge is -2.07. The highest BCUT2D eigenvalue weighted by Crippen LogP contribution is 2.17. The molecule has 0 radical (unpaired) electrons. The van der Waals surface area contributed by atoms with E-state index in [4.69, 9.17) is 4.42 Å². The van der Waals surface area contributed by atoms with Gasteiger partial charge in [0.25, 0.3) is 5.91 Å². The number of furan rings is 1. The summed E-state index contributed by atoms with van der Waals surface area (Å²) < 4.78 is 17.8. The SMILES string of the molecule is O=C(Nc1ccc(Nc2ccc(F)cc2)nc1)c1ccco1. The van der Waals surface area contributed by atoms with Crippen LogP contribution >= 0.6 is 0 Å². The highest BCUT2D eigenvalue weighted by molar-refractivity contribution is 6.02. The van der Waals surface area contributed by atoms with Gasteiger partial charge in [0.2, 0.25) is 0 Å². The number of benzene rings is 1. The van der Waals surface area contributed by atoms with Crippen molar-refractivity contribution in [2.75, 3.05) is 10.6 Å². The van der Waals surface area contributed by atoms with Crippen LogP contribution in [0.4, 0.5) is 21.6 Å². The molecule has 0 saturated carbocycles. The summed E-state index contributed by atoms with van der Waals surface area (Å²) in [5, 5.41) is 5.70. The van der Waals surface area contributed by atoms with Crippen LogP contribution in [0.25, 0.3) is 0 Å². The molecular formula is C16H12FN3O2. The van der Waals surface area contributed by atoms with Crippen LogP contribution in [0.5, 0.6) is 0 Å². The van der Waals surface area contributed by atoms with Crippen LogP contribution in [0.1, 0.15) is 10.6 Å². The van der Waals surface area contributed by atoms with Gasteiger partial charge in [0.05, 0.1) is 18.1 Å². The minimum atomic E-state index is -0.342. The van der Waals surface area contributed by atoms with Crippen molar-refractivity contribution in [2.45, 2.75) is 0 Å². The van der Waals surface area contributed by atoms with E-state index in [1.165, 1.54) is 24.6 Å². The maximum absolute atomic E-state index is 12.8. The maximum Gasteiger partial charge on any atom is 0.291 e. The number of nitrogens with zero attached hydrogens (tertiary/aromatic N) is 1. The Bertz CT molecular complexity index is 753. The Morgan fingerprint density at radius 1 is 1.05 bits per heavy atom. The van der Waals surface area contributed by atoms with Crippen LogP contribution in [-0.4, -0.2) is 10.9 Å². The standard InChI is InChI=1S/C16H12FN3O2/c17-11-3-5-12(6-4-11)19-15-8-7-13(10-18-15)20-16(21)14-2-1-9-22-14/h1-10H,(H,18,19)(H,20,21). The second-order valence-electron chi connectivity index (χ2n) is 4.50. The van der Waals surface area contributed by atoms with Crippen molar-refractivity contribution in [2.24, 2.45) is 0 Å². The number of halogens is 1. The van der Waals surface area contributed by atoms with E-state index in [9.17, 15) is 9.18 Å². The summed E-state index contributed by atoms with van der Waals surface area (Å²) >= 11 is 0. The first kappa shape index (κ1) is 13.8. The van der Waals surface area contributed by atoms with E-state index in [0.29, 0.717) is 11.5 Å². The molecule has 0 spiro atoms. The molecule has 2 aromatic heterocycles.